The van der Waals surface area contributed by atoms with Crippen LogP contribution in [0.3, 0.4) is 0 Å². The van der Waals surface area contributed by atoms with Crippen LogP contribution in [0.15, 0.2) is 36.7 Å². The second-order valence-corrected chi connectivity index (χ2v) is 7.45. The van der Waals surface area contributed by atoms with Gasteiger partial charge in [0.15, 0.2) is 5.82 Å². The van der Waals surface area contributed by atoms with Gasteiger partial charge in [0.25, 0.3) is 5.91 Å². The van der Waals surface area contributed by atoms with E-state index in [1.807, 2.05) is 18.2 Å². The predicted molar refractivity (Wildman–Crippen MR) is 107 cm³/mol. The standard InChI is InChI=1S/C20H19ClN6O/c21-14-5-6-17-13(7-14)8-15(10-24-17)25-20-16(19(23)28)11-27(26-20)18-4-2-1-3-12(18)9-22/h5-8,10-12,18H,1-4H2,(H2,23,28)(H,25,26). The van der Waals surface area contributed by atoms with Gasteiger partial charge in [-0.3, -0.25) is 14.5 Å². The summed E-state index contributed by atoms with van der Waals surface area (Å²) in [7, 11) is 0. The number of benzene rings is 1. The average molecular weight is 395 g/mol. The molecule has 2 aromatic heterocycles. The third kappa shape index (κ3) is 3.51. The van der Waals surface area contributed by atoms with E-state index in [9.17, 15) is 10.1 Å². The molecule has 1 fully saturated rings. The van der Waals surface area contributed by atoms with Crippen molar-refractivity contribution >= 4 is 39.9 Å². The topological polar surface area (TPSA) is 110 Å². The molecular formula is C20H19ClN6O. The molecule has 0 saturated heterocycles. The predicted octanol–water partition coefficient (Wildman–Crippen LogP) is 4.18. The first-order chi connectivity index (χ1) is 13.5. The van der Waals surface area contributed by atoms with Crippen molar-refractivity contribution in [3.05, 3.63) is 47.2 Å². The summed E-state index contributed by atoms with van der Waals surface area (Å²) in [5, 5.41) is 18.6. The fraction of sp³-hybridized carbons (Fsp3) is 0.300. The smallest absolute Gasteiger partial charge is 0.254 e. The van der Waals surface area contributed by atoms with Gasteiger partial charge in [0.2, 0.25) is 0 Å². The second-order valence-electron chi connectivity index (χ2n) is 7.01. The molecule has 7 nitrogen and oxygen atoms in total. The quantitative estimate of drug-likeness (QED) is 0.689. The molecule has 2 atom stereocenters. The monoisotopic (exact) mass is 394 g/mol. The Balaban J connectivity index is 1.68. The maximum absolute atomic E-state index is 11.9. The highest BCUT2D eigenvalue weighted by Crippen LogP contribution is 2.34. The summed E-state index contributed by atoms with van der Waals surface area (Å²) >= 11 is 6.06. The largest absolute Gasteiger partial charge is 0.365 e. The number of nitriles is 1. The summed E-state index contributed by atoms with van der Waals surface area (Å²) in [6.45, 7) is 0. The highest BCUT2D eigenvalue weighted by atomic mass is 35.5. The maximum atomic E-state index is 11.9. The molecule has 142 valence electrons. The first-order valence-corrected chi connectivity index (χ1v) is 9.54. The van der Waals surface area contributed by atoms with E-state index in [2.05, 4.69) is 21.5 Å². The van der Waals surface area contributed by atoms with Crippen LogP contribution < -0.4 is 11.1 Å². The van der Waals surface area contributed by atoms with Crippen molar-refractivity contribution in [1.29, 1.82) is 5.26 Å². The van der Waals surface area contributed by atoms with Crippen LogP contribution in [0.5, 0.6) is 0 Å². The van der Waals surface area contributed by atoms with E-state index < -0.39 is 5.91 Å². The van der Waals surface area contributed by atoms with E-state index in [-0.39, 0.29) is 17.5 Å². The van der Waals surface area contributed by atoms with Crippen LogP contribution in [0.1, 0.15) is 42.1 Å². The van der Waals surface area contributed by atoms with Gasteiger partial charge < -0.3 is 11.1 Å². The Morgan fingerprint density at radius 2 is 2.14 bits per heavy atom. The molecule has 8 heteroatoms. The SMILES string of the molecule is N#CC1CCCCC1n1cc(C(N)=O)c(Nc2cnc3ccc(Cl)cc3c2)n1. The van der Waals surface area contributed by atoms with Crippen LogP contribution in [-0.4, -0.2) is 20.7 Å². The Bertz CT molecular complexity index is 1090. The summed E-state index contributed by atoms with van der Waals surface area (Å²) in [5.41, 5.74) is 7.33. The van der Waals surface area contributed by atoms with Gasteiger partial charge >= 0.3 is 0 Å². The normalized spacial score (nSPS) is 19.3. The van der Waals surface area contributed by atoms with Gasteiger partial charge in [-0.1, -0.05) is 24.4 Å². The number of halogens is 1. The van der Waals surface area contributed by atoms with Crippen LogP contribution >= 0.6 is 11.6 Å². The number of nitrogens with two attached hydrogens (primary N) is 1. The summed E-state index contributed by atoms with van der Waals surface area (Å²) in [4.78, 5) is 16.3. The number of rotatable bonds is 4. The highest BCUT2D eigenvalue weighted by molar-refractivity contribution is 6.31. The van der Waals surface area contributed by atoms with E-state index in [1.165, 1.54) is 0 Å². The fourth-order valence-electron chi connectivity index (χ4n) is 3.72. The minimum atomic E-state index is -0.574. The zero-order valence-electron chi connectivity index (χ0n) is 15.1. The minimum Gasteiger partial charge on any atom is -0.365 e. The average Bonchev–Trinajstić information content (AvgIpc) is 3.11. The summed E-state index contributed by atoms with van der Waals surface area (Å²) < 4.78 is 1.71. The molecule has 0 spiro atoms. The Morgan fingerprint density at radius 3 is 2.93 bits per heavy atom. The lowest BCUT2D eigenvalue weighted by atomic mass is 9.85. The van der Waals surface area contributed by atoms with Gasteiger partial charge in [0, 0.05) is 16.6 Å². The Kier molecular flexibility index (Phi) is 4.88. The van der Waals surface area contributed by atoms with Crippen molar-refractivity contribution in [2.75, 3.05) is 5.32 Å². The van der Waals surface area contributed by atoms with Crippen LogP contribution in [-0.2, 0) is 0 Å². The first-order valence-electron chi connectivity index (χ1n) is 9.16. The van der Waals surface area contributed by atoms with Crippen LogP contribution in [0.25, 0.3) is 10.9 Å². The van der Waals surface area contributed by atoms with Gasteiger partial charge in [0.1, 0.15) is 5.56 Å². The lowest BCUT2D eigenvalue weighted by Gasteiger charge is -2.26. The molecule has 2 unspecified atom stereocenters. The van der Waals surface area contributed by atoms with Gasteiger partial charge in [-0.05, 0) is 37.1 Å². The molecule has 3 aromatic rings. The van der Waals surface area contributed by atoms with Crippen LogP contribution in [0.2, 0.25) is 5.02 Å². The molecule has 3 N–H and O–H groups in total. The molecule has 0 radical (unpaired) electrons. The van der Waals surface area contributed by atoms with Crippen molar-refractivity contribution in [3.63, 3.8) is 0 Å². The summed E-state index contributed by atoms with van der Waals surface area (Å²) in [6.07, 6.45) is 7.06. The van der Waals surface area contributed by atoms with E-state index in [0.29, 0.717) is 16.5 Å². The molecule has 2 heterocycles. The lowest BCUT2D eigenvalue weighted by Crippen LogP contribution is -2.22. The first kappa shape index (κ1) is 18.3. The van der Waals surface area contributed by atoms with E-state index >= 15 is 0 Å². The molecule has 1 aliphatic rings. The molecule has 1 aromatic carbocycles. The van der Waals surface area contributed by atoms with Crippen molar-refractivity contribution in [2.24, 2.45) is 11.7 Å². The van der Waals surface area contributed by atoms with Crippen molar-refractivity contribution in [2.45, 2.75) is 31.7 Å². The van der Waals surface area contributed by atoms with Crippen molar-refractivity contribution in [3.8, 4) is 6.07 Å². The van der Waals surface area contributed by atoms with Crippen molar-refractivity contribution in [1.82, 2.24) is 14.8 Å². The van der Waals surface area contributed by atoms with Crippen molar-refractivity contribution < 1.29 is 4.79 Å². The highest BCUT2D eigenvalue weighted by Gasteiger charge is 2.28. The second kappa shape index (κ2) is 7.49. The summed E-state index contributed by atoms with van der Waals surface area (Å²) in [6, 6.07) is 9.65. The van der Waals surface area contributed by atoms with E-state index in [0.717, 1.165) is 36.6 Å². The fourth-order valence-corrected chi connectivity index (χ4v) is 3.90. The number of pyridine rings is 1. The molecular weight excluding hydrogens is 376 g/mol. The number of aromatic nitrogens is 3. The third-order valence-electron chi connectivity index (χ3n) is 5.14. The number of anilines is 2. The minimum absolute atomic E-state index is 0.0547. The number of carbonyl (C=O) groups is 1. The molecule has 0 aliphatic heterocycles. The number of primary amides is 1. The zero-order valence-corrected chi connectivity index (χ0v) is 15.9. The van der Waals surface area contributed by atoms with Crippen LogP contribution in [0.4, 0.5) is 11.5 Å². The molecule has 0 bridgehead atoms. The Labute approximate surface area is 167 Å². The van der Waals surface area contributed by atoms with Gasteiger partial charge in [-0.2, -0.15) is 10.4 Å². The number of amides is 1. The number of carbonyl (C=O) groups excluding carboxylic acids is 1. The number of nitrogens with zero attached hydrogens (tertiary/aromatic N) is 4. The zero-order chi connectivity index (χ0) is 19.7. The summed E-state index contributed by atoms with van der Waals surface area (Å²) in [5.74, 6) is -0.334. The van der Waals surface area contributed by atoms with E-state index in [1.54, 1.807) is 23.1 Å². The van der Waals surface area contributed by atoms with Gasteiger partial charge in [-0.15, -0.1) is 0 Å². The number of fused-ring (bicyclic) bond motifs is 1. The Morgan fingerprint density at radius 1 is 1.32 bits per heavy atom. The lowest BCUT2D eigenvalue weighted by molar-refractivity contribution is 0.100. The third-order valence-corrected chi connectivity index (χ3v) is 5.37. The molecule has 28 heavy (non-hydrogen) atoms. The van der Waals surface area contributed by atoms with Gasteiger partial charge in [0.05, 0.1) is 35.4 Å². The number of hydrogen-bond donors (Lipinski definition) is 2. The molecule has 1 aliphatic carbocycles. The van der Waals surface area contributed by atoms with Gasteiger partial charge in [-0.25, -0.2) is 0 Å². The number of hydrogen-bond acceptors (Lipinski definition) is 5. The van der Waals surface area contributed by atoms with Crippen LogP contribution in [0, 0.1) is 17.2 Å². The van der Waals surface area contributed by atoms with E-state index in [4.69, 9.17) is 17.3 Å². The number of nitrogens with one attached hydrogen (secondary N) is 1. The Hall–Kier alpha value is -3.11. The molecule has 1 amide bonds. The maximum Gasteiger partial charge on any atom is 0.254 e. The molecule has 1 saturated carbocycles. The molecule has 4 rings (SSSR count).